The van der Waals surface area contributed by atoms with Crippen LogP contribution in [0.1, 0.15) is 24.8 Å². The summed E-state index contributed by atoms with van der Waals surface area (Å²) < 4.78 is 0. The summed E-state index contributed by atoms with van der Waals surface area (Å²) in [7, 11) is 0. The lowest BCUT2D eigenvalue weighted by atomic mass is 10.1. The van der Waals surface area contributed by atoms with E-state index in [9.17, 15) is 9.90 Å². The molecule has 2 N–H and O–H groups in total. The number of aliphatic hydroxyl groups is 1. The number of likely N-dealkylation sites (tertiary alicyclic amines) is 1. The first-order chi connectivity index (χ1) is 8.72. The molecule has 1 saturated heterocycles. The van der Waals surface area contributed by atoms with E-state index in [1.54, 1.807) is 18.2 Å². The molecular weight excluding hydrogens is 230 g/mol. The summed E-state index contributed by atoms with van der Waals surface area (Å²) in [4.78, 5) is 14.0. The minimum Gasteiger partial charge on any atom is -0.508 e. The van der Waals surface area contributed by atoms with Gasteiger partial charge in [0.05, 0.1) is 6.42 Å². The van der Waals surface area contributed by atoms with Crippen molar-refractivity contribution in [2.75, 3.05) is 13.2 Å². The maximum Gasteiger partial charge on any atom is 0.227 e. The van der Waals surface area contributed by atoms with Gasteiger partial charge >= 0.3 is 0 Å². The standard InChI is InChI=1S/C14H19NO3/c16-9-7-12-5-3-8-15(12)14(18)10-11-4-1-2-6-13(11)17/h1-2,4,6,12,16-17H,3,5,7-10H2. The second-order valence-corrected chi connectivity index (χ2v) is 4.70. The molecule has 0 spiro atoms. The van der Waals surface area contributed by atoms with E-state index in [1.165, 1.54) is 0 Å². The number of benzene rings is 1. The van der Waals surface area contributed by atoms with E-state index in [1.807, 2.05) is 11.0 Å². The van der Waals surface area contributed by atoms with E-state index in [4.69, 9.17) is 5.11 Å². The number of rotatable bonds is 4. The van der Waals surface area contributed by atoms with Crippen LogP contribution in [0.3, 0.4) is 0 Å². The van der Waals surface area contributed by atoms with E-state index in [-0.39, 0.29) is 30.7 Å². The first kappa shape index (κ1) is 12.9. The van der Waals surface area contributed by atoms with Crippen LogP contribution in [0.4, 0.5) is 0 Å². The molecule has 1 atom stereocenters. The molecule has 2 rings (SSSR count). The van der Waals surface area contributed by atoms with Crippen molar-refractivity contribution in [3.8, 4) is 5.75 Å². The summed E-state index contributed by atoms with van der Waals surface area (Å²) in [6.45, 7) is 0.877. The lowest BCUT2D eigenvalue weighted by Crippen LogP contribution is -2.37. The lowest BCUT2D eigenvalue weighted by Gasteiger charge is -2.24. The fourth-order valence-electron chi connectivity index (χ4n) is 2.54. The number of para-hydroxylation sites is 1. The van der Waals surface area contributed by atoms with Crippen LogP contribution in [-0.2, 0) is 11.2 Å². The minimum atomic E-state index is 0.0347. The van der Waals surface area contributed by atoms with Crippen molar-refractivity contribution in [3.05, 3.63) is 29.8 Å². The number of nitrogens with zero attached hydrogens (tertiary/aromatic N) is 1. The Morgan fingerprint density at radius 2 is 2.17 bits per heavy atom. The Labute approximate surface area is 107 Å². The molecule has 1 heterocycles. The number of hydrogen-bond acceptors (Lipinski definition) is 3. The molecule has 0 aliphatic carbocycles. The minimum absolute atomic E-state index is 0.0347. The fourth-order valence-corrected chi connectivity index (χ4v) is 2.54. The molecule has 1 fully saturated rings. The van der Waals surface area contributed by atoms with Gasteiger partial charge in [-0.3, -0.25) is 4.79 Å². The zero-order valence-electron chi connectivity index (χ0n) is 10.4. The number of aliphatic hydroxyl groups excluding tert-OH is 1. The van der Waals surface area contributed by atoms with Crippen molar-refractivity contribution >= 4 is 5.91 Å². The van der Waals surface area contributed by atoms with Crippen LogP contribution in [0.15, 0.2) is 24.3 Å². The summed E-state index contributed by atoms with van der Waals surface area (Å²) in [6, 6.07) is 7.08. The third kappa shape index (κ3) is 2.82. The number of carbonyl (C=O) groups excluding carboxylic acids is 1. The van der Waals surface area contributed by atoms with Crippen molar-refractivity contribution in [1.82, 2.24) is 4.90 Å². The third-order valence-corrected chi connectivity index (χ3v) is 3.49. The molecule has 1 aromatic carbocycles. The average Bonchev–Trinajstić information content (AvgIpc) is 2.81. The van der Waals surface area contributed by atoms with Gasteiger partial charge in [0.1, 0.15) is 5.75 Å². The van der Waals surface area contributed by atoms with Gasteiger partial charge in [0.2, 0.25) is 5.91 Å². The van der Waals surface area contributed by atoms with Gasteiger partial charge in [-0.15, -0.1) is 0 Å². The predicted octanol–water partition coefficient (Wildman–Crippen LogP) is 1.31. The van der Waals surface area contributed by atoms with Gasteiger partial charge in [-0.1, -0.05) is 18.2 Å². The maximum absolute atomic E-state index is 12.2. The van der Waals surface area contributed by atoms with Gasteiger partial charge in [0, 0.05) is 24.8 Å². The molecular formula is C14H19NO3. The Morgan fingerprint density at radius 3 is 2.89 bits per heavy atom. The van der Waals surface area contributed by atoms with Gasteiger partial charge < -0.3 is 15.1 Å². The summed E-state index contributed by atoms with van der Waals surface area (Å²) in [5, 5.41) is 18.6. The summed E-state index contributed by atoms with van der Waals surface area (Å²) >= 11 is 0. The number of aromatic hydroxyl groups is 1. The van der Waals surface area contributed by atoms with Crippen LogP contribution in [0, 0.1) is 0 Å². The molecule has 0 bridgehead atoms. The fraction of sp³-hybridized carbons (Fsp3) is 0.500. The van der Waals surface area contributed by atoms with Gasteiger partial charge in [-0.25, -0.2) is 0 Å². The Bertz CT molecular complexity index is 419. The number of hydrogen-bond donors (Lipinski definition) is 2. The quantitative estimate of drug-likeness (QED) is 0.845. The molecule has 0 radical (unpaired) electrons. The topological polar surface area (TPSA) is 60.8 Å². The second-order valence-electron chi connectivity index (χ2n) is 4.70. The monoisotopic (exact) mass is 249 g/mol. The van der Waals surface area contributed by atoms with Crippen molar-refractivity contribution in [2.24, 2.45) is 0 Å². The Kier molecular flexibility index (Phi) is 4.20. The molecule has 4 heteroatoms. The Balaban J connectivity index is 2.01. The molecule has 98 valence electrons. The molecule has 18 heavy (non-hydrogen) atoms. The highest BCUT2D eigenvalue weighted by Gasteiger charge is 2.28. The highest BCUT2D eigenvalue weighted by Crippen LogP contribution is 2.23. The third-order valence-electron chi connectivity index (χ3n) is 3.49. The normalized spacial score (nSPS) is 19.2. The molecule has 0 aromatic heterocycles. The summed E-state index contributed by atoms with van der Waals surface area (Å²) in [5.41, 5.74) is 0.664. The zero-order chi connectivity index (χ0) is 13.0. The highest BCUT2D eigenvalue weighted by molar-refractivity contribution is 5.80. The number of phenols is 1. The molecule has 1 amide bonds. The Hall–Kier alpha value is -1.55. The largest absolute Gasteiger partial charge is 0.508 e. The molecule has 1 aromatic rings. The number of phenolic OH excluding ortho intramolecular Hbond substituents is 1. The van der Waals surface area contributed by atoms with Crippen LogP contribution < -0.4 is 0 Å². The van der Waals surface area contributed by atoms with E-state index < -0.39 is 0 Å². The summed E-state index contributed by atoms with van der Waals surface area (Å²) in [6.07, 6.45) is 2.84. The van der Waals surface area contributed by atoms with Crippen molar-refractivity contribution in [2.45, 2.75) is 31.7 Å². The average molecular weight is 249 g/mol. The second kappa shape index (κ2) is 5.87. The van der Waals surface area contributed by atoms with Crippen molar-refractivity contribution < 1.29 is 15.0 Å². The zero-order valence-corrected chi connectivity index (χ0v) is 10.4. The molecule has 0 saturated carbocycles. The van der Waals surface area contributed by atoms with E-state index in [2.05, 4.69) is 0 Å². The van der Waals surface area contributed by atoms with E-state index in [0.29, 0.717) is 12.0 Å². The van der Waals surface area contributed by atoms with E-state index in [0.717, 1.165) is 19.4 Å². The molecule has 4 nitrogen and oxygen atoms in total. The maximum atomic E-state index is 12.2. The van der Waals surface area contributed by atoms with Gasteiger partial charge in [-0.05, 0) is 25.3 Å². The SMILES string of the molecule is O=C(Cc1ccccc1O)N1CCCC1CCO. The first-order valence-electron chi connectivity index (χ1n) is 6.39. The lowest BCUT2D eigenvalue weighted by molar-refractivity contribution is -0.131. The van der Waals surface area contributed by atoms with Crippen LogP contribution in [-0.4, -0.2) is 40.2 Å². The van der Waals surface area contributed by atoms with Crippen LogP contribution in [0.25, 0.3) is 0 Å². The van der Waals surface area contributed by atoms with Gasteiger partial charge in [-0.2, -0.15) is 0 Å². The Morgan fingerprint density at radius 1 is 1.39 bits per heavy atom. The van der Waals surface area contributed by atoms with Crippen LogP contribution in [0.2, 0.25) is 0 Å². The van der Waals surface area contributed by atoms with Crippen LogP contribution in [0.5, 0.6) is 5.75 Å². The smallest absolute Gasteiger partial charge is 0.227 e. The van der Waals surface area contributed by atoms with Crippen LogP contribution >= 0.6 is 0 Å². The van der Waals surface area contributed by atoms with Gasteiger partial charge in [0.15, 0.2) is 0 Å². The van der Waals surface area contributed by atoms with Gasteiger partial charge in [0.25, 0.3) is 0 Å². The van der Waals surface area contributed by atoms with Crippen molar-refractivity contribution in [3.63, 3.8) is 0 Å². The molecule has 1 unspecified atom stereocenters. The highest BCUT2D eigenvalue weighted by atomic mass is 16.3. The summed E-state index contributed by atoms with van der Waals surface area (Å²) in [5.74, 6) is 0.205. The predicted molar refractivity (Wildman–Crippen MR) is 68.2 cm³/mol. The number of amides is 1. The number of carbonyl (C=O) groups is 1. The molecule has 1 aliphatic heterocycles. The first-order valence-corrected chi connectivity index (χ1v) is 6.39. The van der Waals surface area contributed by atoms with E-state index >= 15 is 0 Å². The van der Waals surface area contributed by atoms with Crippen molar-refractivity contribution in [1.29, 1.82) is 0 Å². The molecule has 1 aliphatic rings.